The van der Waals surface area contributed by atoms with Crippen molar-refractivity contribution < 1.29 is 14.4 Å². The number of carboxylic acid groups (broad SMARTS) is 1. The summed E-state index contributed by atoms with van der Waals surface area (Å²) >= 11 is 0. The van der Waals surface area contributed by atoms with Gasteiger partial charge in [0, 0.05) is 6.42 Å². The summed E-state index contributed by atoms with van der Waals surface area (Å²) in [4.78, 5) is 10.3. The Bertz CT molecular complexity index is 221. The molecule has 0 aliphatic rings. The fraction of sp³-hybridized carbons (Fsp3) is 0.938. The van der Waals surface area contributed by atoms with Crippen LogP contribution in [0.3, 0.4) is 0 Å². The van der Waals surface area contributed by atoms with Crippen LogP contribution in [0.5, 0.6) is 0 Å². The molecule has 0 aliphatic heterocycles. The van der Waals surface area contributed by atoms with Crippen molar-refractivity contribution in [3.8, 4) is 0 Å². The minimum absolute atomic E-state index is 0.340. The second-order valence-corrected chi connectivity index (χ2v) is 6.69. The molecule has 0 heterocycles. The summed E-state index contributed by atoms with van der Waals surface area (Å²) in [5, 5.41) is 8.51. The van der Waals surface area contributed by atoms with Crippen molar-refractivity contribution in [1.29, 1.82) is 0 Å². The van der Waals surface area contributed by atoms with Gasteiger partial charge < -0.3 is 9.59 Å². The summed E-state index contributed by atoms with van der Waals surface area (Å²) in [7, 11) is 6.76. The van der Waals surface area contributed by atoms with Crippen LogP contribution in [0.15, 0.2) is 0 Å². The van der Waals surface area contributed by atoms with Crippen LogP contribution < -0.4 is 0 Å². The van der Waals surface area contributed by atoms with Crippen molar-refractivity contribution in [2.45, 2.75) is 70.6 Å². The summed E-state index contributed by atoms with van der Waals surface area (Å²) in [6, 6.07) is 0. The van der Waals surface area contributed by atoms with Crippen LogP contribution in [0.4, 0.5) is 0 Å². The van der Waals surface area contributed by atoms with Gasteiger partial charge in [0.05, 0.1) is 27.7 Å². The summed E-state index contributed by atoms with van der Waals surface area (Å²) < 4.78 is 1.08. The highest BCUT2D eigenvalue weighted by Gasteiger charge is 2.04. The van der Waals surface area contributed by atoms with E-state index in [-0.39, 0.29) is 0 Å². The molecule has 0 spiro atoms. The highest BCUT2D eigenvalue weighted by molar-refractivity contribution is 5.66. The lowest BCUT2D eigenvalue weighted by molar-refractivity contribution is -0.870. The molecular weight excluding hydrogens is 238 g/mol. The highest BCUT2D eigenvalue weighted by atomic mass is 16.4. The minimum atomic E-state index is -0.658. The number of hydrogen-bond donors (Lipinski definition) is 1. The van der Waals surface area contributed by atoms with E-state index in [2.05, 4.69) is 21.1 Å². The maximum absolute atomic E-state index is 10.3. The minimum Gasteiger partial charge on any atom is -0.481 e. The van der Waals surface area contributed by atoms with Crippen molar-refractivity contribution in [3.63, 3.8) is 0 Å². The van der Waals surface area contributed by atoms with E-state index in [0.29, 0.717) is 6.42 Å². The molecule has 0 aromatic heterocycles. The van der Waals surface area contributed by atoms with Crippen LogP contribution in [-0.4, -0.2) is 43.2 Å². The Morgan fingerprint density at radius 1 is 0.737 bits per heavy atom. The molecule has 0 saturated carbocycles. The average molecular weight is 272 g/mol. The predicted octanol–water partition coefficient (Wildman–Crippen LogP) is 4.07. The SMILES string of the molecule is C[N+](C)(C)CCCCCCCCCCCCC(=O)O. The first-order chi connectivity index (χ1) is 8.92. The summed E-state index contributed by atoms with van der Waals surface area (Å²) in [6.45, 7) is 1.28. The molecule has 0 atom stereocenters. The van der Waals surface area contributed by atoms with Gasteiger partial charge in [0.25, 0.3) is 0 Å². The molecule has 3 nitrogen and oxygen atoms in total. The zero-order chi connectivity index (χ0) is 14.6. The normalized spacial score (nSPS) is 11.7. The topological polar surface area (TPSA) is 37.3 Å². The van der Waals surface area contributed by atoms with Crippen LogP contribution in [0.1, 0.15) is 70.6 Å². The number of hydrogen-bond acceptors (Lipinski definition) is 1. The summed E-state index contributed by atoms with van der Waals surface area (Å²) in [5.41, 5.74) is 0. The molecule has 0 aromatic carbocycles. The van der Waals surface area contributed by atoms with Crippen LogP contribution in [-0.2, 0) is 4.79 Å². The van der Waals surface area contributed by atoms with E-state index in [0.717, 1.165) is 17.3 Å². The zero-order valence-corrected chi connectivity index (χ0v) is 13.3. The molecule has 0 saturated heterocycles. The van der Waals surface area contributed by atoms with Crippen LogP contribution in [0, 0.1) is 0 Å². The Hall–Kier alpha value is -0.570. The quantitative estimate of drug-likeness (QED) is 0.405. The van der Waals surface area contributed by atoms with E-state index in [1.807, 2.05) is 0 Å². The lowest BCUT2D eigenvalue weighted by atomic mass is 10.1. The average Bonchev–Trinajstić information content (AvgIpc) is 2.28. The highest BCUT2D eigenvalue weighted by Crippen LogP contribution is 2.11. The summed E-state index contributed by atoms with van der Waals surface area (Å²) in [6.07, 6.45) is 12.9. The number of carboxylic acids is 1. The van der Waals surface area contributed by atoms with Crippen molar-refractivity contribution >= 4 is 5.97 Å². The maximum atomic E-state index is 10.3. The van der Waals surface area contributed by atoms with Crippen molar-refractivity contribution in [1.82, 2.24) is 0 Å². The van der Waals surface area contributed by atoms with Crippen molar-refractivity contribution in [2.75, 3.05) is 27.7 Å². The Morgan fingerprint density at radius 3 is 1.47 bits per heavy atom. The van der Waals surface area contributed by atoms with E-state index >= 15 is 0 Å². The van der Waals surface area contributed by atoms with Gasteiger partial charge in [-0.1, -0.05) is 44.9 Å². The Kier molecular flexibility index (Phi) is 10.9. The Balaban J connectivity index is 3.05. The third-order valence-corrected chi connectivity index (χ3v) is 3.47. The van der Waals surface area contributed by atoms with E-state index in [1.165, 1.54) is 57.9 Å². The first-order valence-electron chi connectivity index (χ1n) is 7.94. The largest absolute Gasteiger partial charge is 0.481 e. The first-order valence-corrected chi connectivity index (χ1v) is 7.94. The summed E-state index contributed by atoms with van der Waals surface area (Å²) in [5.74, 6) is -0.658. The lowest BCUT2D eigenvalue weighted by Crippen LogP contribution is -2.35. The van der Waals surface area contributed by atoms with E-state index in [9.17, 15) is 4.79 Å². The van der Waals surface area contributed by atoms with Crippen molar-refractivity contribution in [2.24, 2.45) is 0 Å². The number of carbonyl (C=O) groups is 1. The van der Waals surface area contributed by atoms with Gasteiger partial charge in [-0.3, -0.25) is 4.79 Å². The second kappa shape index (κ2) is 11.3. The molecule has 0 aromatic rings. The van der Waals surface area contributed by atoms with Gasteiger partial charge in [0.1, 0.15) is 0 Å². The van der Waals surface area contributed by atoms with Gasteiger partial charge in [-0.2, -0.15) is 0 Å². The molecule has 0 rings (SSSR count). The molecule has 114 valence electrons. The molecule has 0 aliphatic carbocycles. The van der Waals surface area contributed by atoms with Gasteiger partial charge in [-0.05, 0) is 19.3 Å². The van der Waals surface area contributed by atoms with Gasteiger partial charge in [0.2, 0.25) is 0 Å². The number of nitrogens with zero attached hydrogens (tertiary/aromatic N) is 1. The maximum Gasteiger partial charge on any atom is 0.303 e. The van der Waals surface area contributed by atoms with Gasteiger partial charge in [0.15, 0.2) is 0 Å². The zero-order valence-electron chi connectivity index (χ0n) is 13.3. The third-order valence-electron chi connectivity index (χ3n) is 3.47. The fourth-order valence-electron chi connectivity index (χ4n) is 2.28. The molecule has 0 bridgehead atoms. The van der Waals surface area contributed by atoms with Gasteiger partial charge >= 0.3 is 5.97 Å². The van der Waals surface area contributed by atoms with Crippen LogP contribution in [0.25, 0.3) is 0 Å². The molecule has 3 heteroatoms. The molecule has 1 N–H and O–H groups in total. The smallest absolute Gasteiger partial charge is 0.303 e. The first kappa shape index (κ1) is 18.4. The van der Waals surface area contributed by atoms with E-state index in [4.69, 9.17) is 5.11 Å². The number of quaternary nitrogens is 1. The predicted molar refractivity (Wildman–Crippen MR) is 81.3 cm³/mol. The monoisotopic (exact) mass is 272 g/mol. The second-order valence-electron chi connectivity index (χ2n) is 6.69. The lowest BCUT2D eigenvalue weighted by Gasteiger charge is -2.23. The number of rotatable bonds is 13. The van der Waals surface area contributed by atoms with Gasteiger partial charge in [-0.15, -0.1) is 0 Å². The molecule has 0 fully saturated rings. The Morgan fingerprint density at radius 2 is 1.11 bits per heavy atom. The van der Waals surface area contributed by atoms with Gasteiger partial charge in [-0.25, -0.2) is 0 Å². The molecule has 0 amide bonds. The number of unbranched alkanes of at least 4 members (excludes halogenated alkanes) is 9. The fourth-order valence-corrected chi connectivity index (χ4v) is 2.28. The molecule has 19 heavy (non-hydrogen) atoms. The van der Waals surface area contributed by atoms with E-state index < -0.39 is 5.97 Å². The standard InChI is InChI=1S/C16H33NO2/c1-17(2,3)15-13-11-9-7-5-4-6-8-10-12-14-16(18)19/h4-15H2,1-3H3/p+1. The molecular formula is C16H34NO2+. The third kappa shape index (κ3) is 17.4. The van der Waals surface area contributed by atoms with Crippen LogP contribution in [0.2, 0.25) is 0 Å². The molecule has 0 radical (unpaired) electrons. The van der Waals surface area contributed by atoms with Crippen molar-refractivity contribution in [3.05, 3.63) is 0 Å². The molecule has 0 unspecified atom stereocenters. The Labute approximate surface area is 119 Å². The van der Waals surface area contributed by atoms with Crippen LogP contribution >= 0.6 is 0 Å². The number of aliphatic carboxylic acids is 1. The van der Waals surface area contributed by atoms with E-state index in [1.54, 1.807) is 0 Å².